The highest BCUT2D eigenvalue weighted by molar-refractivity contribution is 5.29. The molecule has 1 aromatic heterocycles. The maximum Gasteiger partial charge on any atom is 0.264 e. The summed E-state index contributed by atoms with van der Waals surface area (Å²) in [6.07, 6.45) is 0. The summed E-state index contributed by atoms with van der Waals surface area (Å²) in [7, 11) is 0. The number of aromatic nitrogens is 2. The van der Waals surface area contributed by atoms with Gasteiger partial charge in [0.2, 0.25) is 0 Å². The van der Waals surface area contributed by atoms with Gasteiger partial charge in [-0.3, -0.25) is 0 Å². The van der Waals surface area contributed by atoms with Crippen molar-refractivity contribution in [2.45, 2.75) is 20.1 Å². The molecule has 5 nitrogen and oxygen atoms in total. The quantitative estimate of drug-likeness (QED) is 0.873. The molecule has 0 fully saturated rings. The first kappa shape index (κ1) is 11.5. The maximum atomic E-state index is 13.5. The molecule has 0 atom stereocenters. The maximum absolute atomic E-state index is 13.5. The molecule has 0 aliphatic carbocycles. The van der Waals surface area contributed by atoms with Gasteiger partial charge in [0.15, 0.2) is 24.0 Å². The van der Waals surface area contributed by atoms with Crippen LogP contribution in [0.2, 0.25) is 0 Å². The van der Waals surface area contributed by atoms with E-state index in [0.29, 0.717) is 23.8 Å². The lowest BCUT2D eigenvalue weighted by molar-refractivity contribution is 0.234. The Labute approximate surface area is 97.4 Å². The third kappa shape index (κ3) is 2.79. The van der Waals surface area contributed by atoms with Crippen LogP contribution < -0.4 is 10.5 Å². The van der Waals surface area contributed by atoms with Crippen molar-refractivity contribution in [1.29, 1.82) is 0 Å². The lowest BCUT2D eigenvalue weighted by Crippen LogP contribution is -2.00. The van der Waals surface area contributed by atoms with Gasteiger partial charge in [-0.1, -0.05) is 11.2 Å². The Morgan fingerprint density at radius 2 is 2.29 bits per heavy atom. The van der Waals surface area contributed by atoms with Crippen LogP contribution in [0.25, 0.3) is 0 Å². The molecule has 0 saturated heterocycles. The molecule has 17 heavy (non-hydrogen) atoms. The average molecular weight is 237 g/mol. The minimum Gasteiger partial charge on any atom is -0.481 e. The van der Waals surface area contributed by atoms with Crippen LogP contribution in [0, 0.1) is 12.7 Å². The molecular formula is C11H12FN3O2. The number of ether oxygens (including phenoxy) is 1. The summed E-state index contributed by atoms with van der Waals surface area (Å²) in [6.45, 7) is 2.03. The Balaban J connectivity index is 2.04. The third-order valence-electron chi connectivity index (χ3n) is 2.15. The number of hydrogen-bond donors (Lipinski definition) is 1. The summed E-state index contributed by atoms with van der Waals surface area (Å²) in [5.74, 6) is 0.509. The monoisotopic (exact) mass is 237 g/mol. The Morgan fingerprint density at radius 1 is 1.47 bits per heavy atom. The first-order chi connectivity index (χ1) is 8.19. The SMILES string of the molecule is Cc1noc(COc2ccc(CN)cc2F)n1. The van der Waals surface area contributed by atoms with Gasteiger partial charge in [-0.05, 0) is 24.6 Å². The van der Waals surface area contributed by atoms with Gasteiger partial charge in [0.05, 0.1) is 0 Å². The molecule has 90 valence electrons. The molecule has 2 aromatic rings. The second-order valence-electron chi connectivity index (χ2n) is 3.49. The summed E-state index contributed by atoms with van der Waals surface area (Å²) < 4.78 is 23.6. The Kier molecular flexibility index (Phi) is 3.34. The second kappa shape index (κ2) is 4.92. The number of nitrogens with zero attached hydrogens (tertiary/aromatic N) is 2. The van der Waals surface area contributed by atoms with Gasteiger partial charge in [-0.25, -0.2) is 4.39 Å². The van der Waals surface area contributed by atoms with Crippen molar-refractivity contribution in [3.63, 3.8) is 0 Å². The van der Waals surface area contributed by atoms with Gasteiger partial charge in [0.25, 0.3) is 5.89 Å². The molecule has 2 rings (SSSR count). The van der Waals surface area contributed by atoms with Gasteiger partial charge >= 0.3 is 0 Å². The van der Waals surface area contributed by atoms with Gasteiger partial charge in [-0.2, -0.15) is 4.98 Å². The van der Waals surface area contributed by atoms with E-state index in [1.165, 1.54) is 12.1 Å². The van der Waals surface area contributed by atoms with Crippen LogP contribution in [0.3, 0.4) is 0 Å². The van der Waals surface area contributed by atoms with Crippen molar-refractivity contribution in [1.82, 2.24) is 10.1 Å². The zero-order valence-corrected chi connectivity index (χ0v) is 9.31. The highest BCUT2D eigenvalue weighted by atomic mass is 19.1. The largest absolute Gasteiger partial charge is 0.481 e. The molecule has 0 radical (unpaired) electrons. The summed E-state index contributed by atoms with van der Waals surface area (Å²) in [5, 5.41) is 3.60. The van der Waals surface area contributed by atoms with E-state index < -0.39 is 5.82 Å². The van der Waals surface area contributed by atoms with E-state index in [1.54, 1.807) is 13.0 Å². The molecule has 0 saturated carbocycles. The van der Waals surface area contributed by atoms with Crippen molar-refractivity contribution in [2.24, 2.45) is 5.73 Å². The highest BCUT2D eigenvalue weighted by Crippen LogP contribution is 2.19. The number of nitrogens with two attached hydrogens (primary N) is 1. The van der Waals surface area contributed by atoms with Crippen molar-refractivity contribution in [3.8, 4) is 5.75 Å². The van der Waals surface area contributed by atoms with Gasteiger partial charge in [0, 0.05) is 6.54 Å². The molecule has 0 aliphatic rings. The van der Waals surface area contributed by atoms with Crippen LogP contribution in [0.4, 0.5) is 4.39 Å². The Morgan fingerprint density at radius 3 is 2.88 bits per heavy atom. The normalized spacial score (nSPS) is 10.5. The van der Waals surface area contributed by atoms with Crippen molar-refractivity contribution in [3.05, 3.63) is 41.3 Å². The molecule has 6 heteroatoms. The van der Waals surface area contributed by atoms with E-state index in [2.05, 4.69) is 10.1 Å². The standard InChI is InChI=1S/C11H12FN3O2/c1-7-14-11(17-15-7)6-16-10-3-2-8(5-13)4-9(10)12/h2-4H,5-6,13H2,1H3. The smallest absolute Gasteiger partial charge is 0.264 e. The molecule has 1 heterocycles. The fraction of sp³-hybridized carbons (Fsp3) is 0.273. The van der Waals surface area contributed by atoms with Crippen LogP contribution in [-0.4, -0.2) is 10.1 Å². The molecule has 2 N–H and O–H groups in total. The van der Waals surface area contributed by atoms with Crippen LogP contribution >= 0.6 is 0 Å². The number of hydrogen-bond acceptors (Lipinski definition) is 5. The van der Waals surface area contributed by atoms with Crippen LogP contribution in [0.15, 0.2) is 22.7 Å². The first-order valence-electron chi connectivity index (χ1n) is 5.09. The predicted molar refractivity (Wildman–Crippen MR) is 57.7 cm³/mol. The summed E-state index contributed by atoms with van der Waals surface area (Å²) in [5.41, 5.74) is 6.11. The van der Waals surface area contributed by atoms with Crippen LogP contribution in [0.5, 0.6) is 5.75 Å². The fourth-order valence-corrected chi connectivity index (χ4v) is 1.33. The molecular weight excluding hydrogens is 225 g/mol. The number of rotatable bonds is 4. The molecule has 0 unspecified atom stereocenters. The second-order valence-corrected chi connectivity index (χ2v) is 3.49. The lowest BCUT2D eigenvalue weighted by atomic mass is 10.2. The fourth-order valence-electron chi connectivity index (χ4n) is 1.33. The highest BCUT2D eigenvalue weighted by Gasteiger charge is 2.07. The van der Waals surface area contributed by atoms with E-state index in [9.17, 15) is 4.39 Å². The minimum absolute atomic E-state index is 0.0414. The van der Waals surface area contributed by atoms with Crippen LogP contribution in [-0.2, 0) is 13.2 Å². The first-order valence-corrected chi connectivity index (χ1v) is 5.09. The zero-order chi connectivity index (χ0) is 12.3. The number of benzene rings is 1. The molecule has 0 bridgehead atoms. The van der Waals surface area contributed by atoms with E-state index in [4.69, 9.17) is 15.0 Å². The third-order valence-corrected chi connectivity index (χ3v) is 2.15. The van der Waals surface area contributed by atoms with E-state index in [1.807, 2.05) is 0 Å². The Hall–Kier alpha value is -1.95. The molecule has 0 spiro atoms. The predicted octanol–water partition coefficient (Wildman–Crippen LogP) is 1.55. The van der Waals surface area contributed by atoms with E-state index in [-0.39, 0.29) is 12.4 Å². The van der Waals surface area contributed by atoms with E-state index in [0.717, 1.165) is 0 Å². The summed E-state index contributed by atoms with van der Waals surface area (Å²) in [6, 6.07) is 4.58. The molecule has 1 aromatic carbocycles. The van der Waals surface area contributed by atoms with Crippen LogP contribution in [0.1, 0.15) is 17.3 Å². The van der Waals surface area contributed by atoms with Gasteiger partial charge < -0.3 is 15.0 Å². The van der Waals surface area contributed by atoms with Crippen molar-refractivity contribution in [2.75, 3.05) is 0 Å². The topological polar surface area (TPSA) is 74.2 Å². The zero-order valence-electron chi connectivity index (χ0n) is 9.31. The summed E-state index contributed by atoms with van der Waals surface area (Å²) in [4.78, 5) is 3.94. The van der Waals surface area contributed by atoms with Crippen molar-refractivity contribution >= 4 is 0 Å². The number of halogens is 1. The minimum atomic E-state index is -0.454. The lowest BCUT2D eigenvalue weighted by Gasteiger charge is -2.05. The molecule has 0 aliphatic heterocycles. The Bertz CT molecular complexity index is 513. The molecule has 0 amide bonds. The van der Waals surface area contributed by atoms with E-state index >= 15 is 0 Å². The summed E-state index contributed by atoms with van der Waals surface area (Å²) >= 11 is 0. The van der Waals surface area contributed by atoms with Gasteiger partial charge in [-0.15, -0.1) is 0 Å². The van der Waals surface area contributed by atoms with Crippen molar-refractivity contribution < 1.29 is 13.7 Å². The van der Waals surface area contributed by atoms with Gasteiger partial charge in [0.1, 0.15) is 0 Å². The average Bonchev–Trinajstić information content (AvgIpc) is 2.73. The number of aryl methyl sites for hydroxylation is 1.